The van der Waals surface area contributed by atoms with Crippen molar-refractivity contribution in [3.8, 4) is 11.5 Å². The standard InChI is InChI=1S/C22H20N6O4/c1-12-8-24-19(11-23-12)27-21(29)14-6-17-16(5-13(2)31-17)18(7-14)32-15-9-25-20(26-10-15)22(30)28(3)4/h5-11H,1-4H3,(H,24,27,29). The quantitative estimate of drug-likeness (QED) is 0.509. The molecule has 1 aromatic carbocycles. The first-order chi connectivity index (χ1) is 15.3. The lowest BCUT2D eigenvalue weighted by Gasteiger charge is -2.11. The zero-order valence-corrected chi connectivity index (χ0v) is 17.9. The number of rotatable bonds is 5. The van der Waals surface area contributed by atoms with Gasteiger partial charge in [-0.05, 0) is 32.0 Å². The summed E-state index contributed by atoms with van der Waals surface area (Å²) >= 11 is 0. The minimum atomic E-state index is -0.396. The molecule has 2 amide bonds. The lowest BCUT2D eigenvalue weighted by atomic mass is 10.1. The largest absolute Gasteiger partial charge is 0.461 e. The Morgan fingerprint density at radius 3 is 2.38 bits per heavy atom. The number of nitrogens with zero attached hydrogens (tertiary/aromatic N) is 5. The van der Waals surface area contributed by atoms with E-state index >= 15 is 0 Å². The van der Waals surface area contributed by atoms with Gasteiger partial charge in [-0.3, -0.25) is 14.6 Å². The smallest absolute Gasteiger partial charge is 0.291 e. The molecule has 10 nitrogen and oxygen atoms in total. The number of hydrogen-bond donors (Lipinski definition) is 1. The molecule has 32 heavy (non-hydrogen) atoms. The molecule has 0 unspecified atom stereocenters. The van der Waals surface area contributed by atoms with Gasteiger partial charge in [-0.2, -0.15) is 0 Å². The van der Waals surface area contributed by atoms with Crippen molar-refractivity contribution in [1.82, 2.24) is 24.8 Å². The fourth-order valence-corrected chi connectivity index (χ4v) is 2.90. The van der Waals surface area contributed by atoms with Crippen molar-refractivity contribution < 1.29 is 18.7 Å². The summed E-state index contributed by atoms with van der Waals surface area (Å²) in [5.41, 5.74) is 1.54. The van der Waals surface area contributed by atoms with Gasteiger partial charge in [-0.25, -0.2) is 15.0 Å². The average Bonchev–Trinajstić information content (AvgIpc) is 3.15. The molecule has 0 aliphatic heterocycles. The molecular formula is C22H20N6O4. The molecule has 0 saturated carbocycles. The van der Waals surface area contributed by atoms with E-state index in [1.165, 1.54) is 23.5 Å². The van der Waals surface area contributed by atoms with E-state index < -0.39 is 5.91 Å². The maximum atomic E-state index is 12.8. The zero-order chi connectivity index (χ0) is 22.8. The summed E-state index contributed by atoms with van der Waals surface area (Å²) in [6.45, 7) is 3.61. The zero-order valence-electron chi connectivity index (χ0n) is 17.9. The molecule has 10 heteroatoms. The minimum Gasteiger partial charge on any atom is -0.461 e. The van der Waals surface area contributed by atoms with E-state index in [4.69, 9.17) is 9.15 Å². The van der Waals surface area contributed by atoms with Gasteiger partial charge in [0.1, 0.15) is 17.1 Å². The number of ether oxygens (including phenoxy) is 1. The number of aryl methyl sites for hydroxylation is 2. The third-order valence-electron chi connectivity index (χ3n) is 4.46. The van der Waals surface area contributed by atoms with Crippen molar-refractivity contribution in [2.45, 2.75) is 13.8 Å². The minimum absolute atomic E-state index is 0.0546. The molecule has 3 aromatic heterocycles. The second-order valence-corrected chi connectivity index (χ2v) is 7.28. The number of aromatic nitrogens is 4. The number of hydrogen-bond acceptors (Lipinski definition) is 8. The first-order valence-electron chi connectivity index (χ1n) is 9.66. The normalized spacial score (nSPS) is 10.8. The number of carbonyl (C=O) groups is 2. The number of benzene rings is 1. The van der Waals surface area contributed by atoms with Crippen molar-refractivity contribution in [3.63, 3.8) is 0 Å². The van der Waals surface area contributed by atoms with Crippen molar-refractivity contribution in [1.29, 1.82) is 0 Å². The summed E-state index contributed by atoms with van der Waals surface area (Å²) in [5, 5.41) is 3.38. The van der Waals surface area contributed by atoms with Gasteiger partial charge in [0, 0.05) is 19.7 Å². The van der Waals surface area contributed by atoms with Crippen LogP contribution >= 0.6 is 0 Å². The van der Waals surface area contributed by atoms with Crippen LogP contribution in [0.1, 0.15) is 32.4 Å². The van der Waals surface area contributed by atoms with Crippen LogP contribution < -0.4 is 10.1 Å². The summed E-state index contributed by atoms with van der Waals surface area (Å²) in [6, 6.07) is 5.03. The SMILES string of the molecule is Cc1cnc(NC(=O)c2cc(Oc3cnc(C(=O)N(C)C)nc3)c3cc(C)oc3c2)cn1. The second-order valence-electron chi connectivity index (χ2n) is 7.28. The third kappa shape index (κ3) is 4.38. The molecule has 1 N–H and O–H groups in total. The van der Waals surface area contributed by atoms with Gasteiger partial charge in [-0.1, -0.05) is 0 Å². The Bertz CT molecular complexity index is 1300. The van der Waals surface area contributed by atoms with Crippen LogP contribution in [0.2, 0.25) is 0 Å². The molecule has 4 aromatic rings. The maximum Gasteiger partial charge on any atom is 0.291 e. The van der Waals surface area contributed by atoms with Crippen LogP contribution in [-0.2, 0) is 0 Å². The van der Waals surface area contributed by atoms with Crippen LogP contribution in [0.5, 0.6) is 11.5 Å². The number of fused-ring (bicyclic) bond motifs is 1. The highest BCUT2D eigenvalue weighted by atomic mass is 16.5. The van der Waals surface area contributed by atoms with Crippen LogP contribution in [0, 0.1) is 13.8 Å². The maximum absolute atomic E-state index is 12.8. The first-order valence-corrected chi connectivity index (χ1v) is 9.66. The molecule has 3 heterocycles. The summed E-state index contributed by atoms with van der Waals surface area (Å²) in [4.78, 5) is 42.5. The highest BCUT2D eigenvalue weighted by molar-refractivity contribution is 6.06. The number of furan rings is 1. The Labute approximate surface area is 183 Å². The van der Waals surface area contributed by atoms with Gasteiger partial charge in [0.15, 0.2) is 11.6 Å². The van der Waals surface area contributed by atoms with E-state index in [1.807, 2.05) is 13.0 Å². The van der Waals surface area contributed by atoms with Gasteiger partial charge < -0.3 is 19.4 Å². The van der Waals surface area contributed by atoms with Crippen molar-refractivity contribution >= 4 is 28.6 Å². The van der Waals surface area contributed by atoms with Crippen molar-refractivity contribution in [3.05, 3.63) is 65.8 Å². The molecule has 162 valence electrons. The number of carbonyl (C=O) groups excluding carboxylic acids is 2. The predicted molar refractivity (Wildman–Crippen MR) is 116 cm³/mol. The van der Waals surface area contributed by atoms with Gasteiger partial charge in [-0.15, -0.1) is 0 Å². The molecule has 0 bridgehead atoms. The van der Waals surface area contributed by atoms with E-state index in [1.54, 1.807) is 39.3 Å². The Morgan fingerprint density at radius 1 is 0.969 bits per heavy atom. The van der Waals surface area contributed by atoms with E-state index in [0.717, 1.165) is 5.69 Å². The number of anilines is 1. The Hall–Kier alpha value is -4.34. The van der Waals surface area contributed by atoms with Gasteiger partial charge in [0.05, 0.1) is 35.9 Å². The van der Waals surface area contributed by atoms with E-state index in [9.17, 15) is 9.59 Å². The van der Waals surface area contributed by atoms with Crippen LogP contribution in [0.4, 0.5) is 5.82 Å². The van der Waals surface area contributed by atoms with Crippen LogP contribution in [0.15, 0.2) is 47.4 Å². The third-order valence-corrected chi connectivity index (χ3v) is 4.46. The fraction of sp³-hybridized carbons (Fsp3) is 0.182. The Kier molecular flexibility index (Phi) is 5.50. The summed E-state index contributed by atoms with van der Waals surface area (Å²) in [6.07, 6.45) is 5.84. The van der Waals surface area contributed by atoms with Crippen molar-refractivity contribution in [2.75, 3.05) is 19.4 Å². The average molecular weight is 432 g/mol. The van der Waals surface area contributed by atoms with Gasteiger partial charge >= 0.3 is 0 Å². The summed E-state index contributed by atoms with van der Waals surface area (Å²) < 4.78 is 11.6. The van der Waals surface area contributed by atoms with Crippen molar-refractivity contribution in [2.24, 2.45) is 0 Å². The molecular weight excluding hydrogens is 412 g/mol. The van der Waals surface area contributed by atoms with E-state index in [0.29, 0.717) is 39.6 Å². The highest BCUT2D eigenvalue weighted by Gasteiger charge is 2.17. The molecule has 0 spiro atoms. The van der Waals surface area contributed by atoms with Crippen LogP contribution in [0.25, 0.3) is 11.0 Å². The molecule has 0 aliphatic carbocycles. The monoisotopic (exact) mass is 432 g/mol. The molecule has 0 atom stereocenters. The van der Waals surface area contributed by atoms with E-state index in [-0.39, 0.29) is 11.7 Å². The fourth-order valence-electron chi connectivity index (χ4n) is 2.90. The summed E-state index contributed by atoms with van der Waals surface area (Å²) in [5.74, 6) is 1.02. The number of amides is 2. The molecule has 0 radical (unpaired) electrons. The van der Waals surface area contributed by atoms with E-state index in [2.05, 4.69) is 25.3 Å². The number of nitrogens with one attached hydrogen (secondary N) is 1. The molecule has 4 rings (SSSR count). The van der Waals surface area contributed by atoms with Gasteiger partial charge in [0.2, 0.25) is 5.82 Å². The van der Waals surface area contributed by atoms with Crippen LogP contribution in [-0.4, -0.2) is 50.7 Å². The second kappa shape index (κ2) is 8.42. The lowest BCUT2D eigenvalue weighted by Crippen LogP contribution is -2.23. The molecule has 0 aliphatic rings. The predicted octanol–water partition coefficient (Wildman–Crippen LogP) is 3.38. The summed E-state index contributed by atoms with van der Waals surface area (Å²) in [7, 11) is 3.24. The Balaban J connectivity index is 1.64. The molecule has 0 fully saturated rings. The molecule has 0 saturated heterocycles. The van der Waals surface area contributed by atoms with Gasteiger partial charge in [0.25, 0.3) is 11.8 Å². The highest BCUT2D eigenvalue weighted by Crippen LogP contribution is 2.33. The lowest BCUT2D eigenvalue weighted by molar-refractivity contribution is 0.0815. The Morgan fingerprint density at radius 2 is 1.72 bits per heavy atom. The first kappa shape index (κ1) is 20.9. The topological polar surface area (TPSA) is 123 Å². The van der Waals surface area contributed by atoms with Crippen LogP contribution in [0.3, 0.4) is 0 Å².